The minimum atomic E-state index is -1.84. The van der Waals surface area contributed by atoms with Gasteiger partial charge in [-0.3, -0.25) is 0 Å². The van der Waals surface area contributed by atoms with E-state index in [4.69, 9.17) is 10.0 Å². The summed E-state index contributed by atoms with van der Waals surface area (Å²) in [7, 11) is -1.84. The average Bonchev–Trinajstić information content (AvgIpc) is 2.21. The van der Waals surface area contributed by atoms with Crippen molar-refractivity contribution < 1.29 is 28.3 Å². The van der Waals surface area contributed by atoms with Gasteiger partial charge in [0.2, 0.25) is 13.7 Å². The van der Waals surface area contributed by atoms with Crippen molar-refractivity contribution in [3.8, 4) is 11.5 Å². The Hall–Kier alpha value is -1.34. The molecule has 1 rings (SSSR count). The van der Waals surface area contributed by atoms with Gasteiger partial charge in [0.05, 0.1) is 0 Å². The Morgan fingerprint density at radius 1 is 1.13 bits per heavy atom. The molecule has 7 heteroatoms. The minimum Gasteiger partial charge on any atom is -0.463 e. The Bertz CT molecular complexity index is 322. The molecule has 0 spiro atoms. The topological polar surface area (TPSA) is 58.9 Å². The van der Waals surface area contributed by atoms with E-state index in [1.165, 1.54) is 12.1 Å². The van der Waals surface area contributed by atoms with Gasteiger partial charge in [0.15, 0.2) is 0 Å². The van der Waals surface area contributed by atoms with Gasteiger partial charge in [0.25, 0.3) is 0 Å². The summed E-state index contributed by atoms with van der Waals surface area (Å²) >= 11 is 0. The van der Waals surface area contributed by atoms with Crippen LogP contribution in [0.1, 0.15) is 0 Å². The molecule has 0 aromatic heterocycles. The molecule has 2 N–H and O–H groups in total. The van der Waals surface area contributed by atoms with Gasteiger partial charge in [0, 0.05) is 5.46 Å². The largest absolute Gasteiger partial charge is 0.492 e. The Morgan fingerprint density at radius 3 is 2.33 bits per heavy atom. The van der Waals surface area contributed by atoms with Crippen LogP contribution in [0.3, 0.4) is 0 Å². The van der Waals surface area contributed by atoms with Crippen molar-refractivity contribution in [1.29, 1.82) is 0 Å². The van der Waals surface area contributed by atoms with Crippen molar-refractivity contribution in [3.63, 3.8) is 0 Å². The molecular weight excluding hydrogens is 209 g/mol. The summed E-state index contributed by atoms with van der Waals surface area (Å²) in [5.41, 5.74) is -0.0846. The molecule has 0 aliphatic heterocycles. The maximum Gasteiger partial charge on any atom is 0.492 e. The van der Waals surface area contributed by atoms with Crippen LogP contribution in [-0.4, -0.2) is 30.9 Å². The lowest BCUT2D eigenvalue weighted by molar-refractivity contribution is 0.187. The number of rotatable bonds is 5. The second-order valence-corrected chi connectivity index (χ2v) is 2.58. The number of alkyl halides is 2. The van der Waals surface area contributed by atoms with E-state index < -0.39 is 20.8 Å². The number of ether oxygens (including phenoxy) is 2. The molecule has 4 nitrogen and oxygen atoms in total. The highest BCUT2D eigenvalue weighted by molar-refractivity contribution is 6.59. The predicted molar refractivity (Wildman–Crippen MR) is 49.5 cm³/mol. The zero-order chi connectivity index (χ0) is 11.3. The summed E-state index contributed by atoms with van der Waals surface area (Å²) in [4.78, 5) is 0. The average molecular weight is 218 g/mol. The lowest BCUT2D eigenvalue weighted by atomic mass is 9.79. The third-order valence-electron chi connectivity index (χ3n) is 1.69. The first-order chi connectivity index (χ1) is 7.19. The molecule has 0 fully saturated rings. The molecule has 0 radical (unpaired) electrons. The molecular formula is C8H9BF2O4. The van der Waals surface area contributed by atoms with E-state index in [-0.39, 0.29) is 17.0 Å². The highest BCUT2D eigenvalue weighted by Crippen LogP contribution is 2.16. The summed E-state index contributed by atoms with van der Waals surface area (Å²) < 4.78 is 32.7. The van der Waals surface area contributed by atoms with Crippen LogP contribution in [0.2, 0.25) is 0 Å². The normalized spacial score (nSPS) is 9.87. The second kappa shape index (κ2) is 5.52. The monoisotopic (exact) mass is 218 g/mol. The zero-order valence-corrected chi connectivity index (χ0v) is 7.69. The molecule has 15 heavy (non-hydrogen) atoms. The second-order valence-electron chi connectivity index (χ2n) is 2.58. The standard InChI is InChI=1S/C8H9BF2O4/c10-4-14-6-1-2-8(15-5-11)7(3-6)9(12)13/h1-3,12-13H,4-5H2. The van der Waals surface area contributed by atoms with Crippen molar-refractivity contribution in [2.24, 2.45) is 0 Å². The van der Waals surface area contributed by atoms with E-state index in [1.807, 2.05) is 0 Å². The fourth-order valence-electron chi connectivity index (χ4n) is 1.07. The Kier molecular flexibility index (Phi) is 4.32. The molecule has 0 amide bonds. The van der Waals surface area contributed by atoms with Crippen LogP contribution in [0.5, 0.6) is 11.5 Å². The van der Waals surface area contributed by atoms with Gasteiger partial charge in [-0.05, 0) is 18.2 Å². The first kappa shape index (κ1) is 11.7. The summed E-state index contributed by atoms with van der Waals surface area (Å²) in [6.45, 7) is -2.13. The van der Waals surface area contributed by atoms with Crippen LogP contribution in [0.15, 0.2) is 18.2 Å². The highest BCUT2D eigenvalue weighted by Gasteiger charge is 2.18. The van der Waals surface area contributed by atoms with Crippen LogP contribution in [-0.2, 0) is 0 Å². The van der Waals surface area contributed by atoms with Crippen LogP contribution >= 0.6 is 0 Å². The van der Waals surface area contributed by atoms with Gasteiger partial charge in [-0.2, -0.15) is 0 Å². The smallest absolute Gasteiger partial charge is 0.463 e. The lowest BCUT2D eigenvalue weighted by Crippen LogP contribution is -2.31. The Morgan fingerprint density at radius 2 is 1.80 bits per heavy atom. The molecule has 0 saturated carbocycles. The maximum atomic E-state index is 11.9. The van der Waals surface area contributed by atoms with Gasteiger partial charge in [-0.15, -0.1) is 0 Å². The van der Waals surface area contributed by atoms with E-state index in [2.05, 4.69) is 9.47 Å². The van der Waals surface area contributed by atoms with Crippen LogP contribution in [0.25, 0.3) is 0 Å². The lowest BCUT2D eigenvalue weighted by Gasteiger charge is -2.10. The van der Waals surface area contributed by atoms with E-state index in [9.17, 15) is 8.78 Å². The van der Waals surface area contributed by atoms with Gasteiger partial charge in [-0.1, -0.05) is 0 Å². The summed E-state index contributed by atoms with van der Waals surface area (Å²) in [5, 5.41) is 17.9. The summed E-state index contributed by atoms with van der Waals surface area (Å²) in [5.74, 6) is 0.0746. The molecule has 1 aromatic carbocycles. The number of hydrogen-bond acceptors (Lipinski definition) is 4. The molecule has 0 unspecified atom stereocenters. The van der Waals surface area contributed by atoms with Crippen LogP contribution in [0, 0.1) is 0 Å². The SMILES string of the molecule is OB(O)c1cc(OCF)ccc1OCF. The third-order valence-corrected chi connectivity index (χ3v) is 1.69. The first-order valence-corrected chi connectivity index (χ1v) is 4.06. The fourth-order valence-corrected chi connectivity index (χ4v) is 1.07. The molecule has 0 bridgehead atoms. The molecule has 0 aliphatic carbocycles. The summed E-state index contributed by atoms with van der Waals surface area (Å²) in [6.07, 6.45) is 0. The molecule has 0 atom stereocenters. The maximum absolute atomic E-state index is 11.9. The quantitative estimate of drug-likeness (QED) is 0.681. The van der Waals surface area contributed by atoms with E-state index in [1.54, 1.807) is 0 Å². The van der Waals surface area contributed by atoms with Crippen molar-refractivity contribution in [3.05, 3.63) is 18.2 Å². The summed E-state index contributed by atoms with van der Waals surface area (Å²) in [6, 6.07) is 3.76. The highest BCUT2D eigenvalue weighted by atomic mass is 19.1. The van der Waals surface area contributed by atoms with Gasteiger partial charge in [0.1, 0.15) is 11.5 Å². The predicted octanol–water partition coefficient (Wildman–Crippen LogP) is -0.0220. The molecule has 82 valence electrons. The van der Waals surface area contributed by atoms with Gasteiger partial charge < -0.3 is 19.5 Å². The molecule has 0 saturated heterocycles. The third kappa shape index (κ3) is 3.07. The van der Waals surface area contributed by atoms with E-state index >= 15 is 0 Å². The van der Waals surface area contributed by atoms with Crippen molar-refractivity contribution in [2.75, 3.05) is 13.7 Å². The Balaban J connectivity index is 2.97. The van der Waals surface area contributed by atoms with Crippen LogP contribution in [0.4, 0.5) is 8.78 Å². The molecule has 0 aliphatic rings. The zero-order valence-electron chi connectivity index (χ0n) is 7.69. The minimum absolute atomic E-state index is 0.0290. The molecule has 1 aromatic rings. The Labute approximate surface area is 85.2 Å². The number of benzene rings is 1. The first-order valence-electron chi connectivity index (χ1n) is 4.06. The number of hydrogen-bond donors (Lipinski definition) is 2. The van der Waals surface area contributed by atoms with Gasteiger partial charge in [-0.25, -0.2) is 8.78 Å². The number of halogens is 2. The van der Waals surface area contributed by atoms with Crippen LogP contribution < -0.4 is 14.9 Å². The van der Waals surface area contributed by atoms with Crippen molar-refractivity contribution in [2.45, 2.75) is 0 Å². The van der Waals surface area contributed by atoms with E-state index in [0.29, 0.717) is 0 Å². The van der Waals surface area contributed by atoms with E-state index in [0.717, 1.165) is 6.07 Å². The van der Waals surface area contributed by atoms with Gasteiger partial charge >= 0.3 is 7.12 Å². The molecule has 0 heterocycles. The fraction of sp³-hybridized carbons (Fsp3) is 0.250. The van der Waals surface area contributed by atoms with Crippen molar-refractivity contribution in [1.82, 2.24) is 0 Å². The van der Waals surface area contributed by atoms with Crippen molar-refractivity contribution >= 4 is 12.6 Å².